The number of anilines is 1. The fraction of sp³-hybridized carbons (Fsp3) is 0.0800. The molecule has 0 aliphatic rings. The van der Waals surface area contributed by atoms with Gasteiger partial charge in [-0.05, 0) is 48.0 Å². The zero-order chi connectivity index (χ0) is 23.0. The highest BCUT2D eigenvalue weighted by molar-refractivity contribution is 7.99. The van der Waals surface area contributed by atoms with Gasteiger partial charge in [-0.1, -0.05) is 59.8 Å². The van der Waals surface area contributed by atoms with Crippen LogP contribution in [0.3, 0.4) is 0 Å². The van der Waals surface area contributed by atoms with Crippen LogP contribution >= 0.6 is 23.4 Å². The van der Waals surface area contributed by atoms with E-state index in [0.717, 1.165) is 11.3 Å². The minimum absolute atomic E-state index is 0.136. The van der Waals surface area contributed by atoms with Gasteiger partial charge in [0.25, 0.3) is 5.91 Å². The highest BCUT2D eigenvalue weighted by Crippen LogP contribution is 2.22. The summed E-state index contributed by atoms with van der Waals surface area (Å²) < 4.78 is 1.88. The average molecular weight is 477 g/mol. The predicted molar refractivity (Wildman–Crippen MR) is 132 cm³/mol. The van der Waals surface area contributed by atoms with E-state index in [1.807, 2.05) is 53.2 Å². The van der Waals surface area contributed by atoms with E-state index < -0.39 is 0 Å². The van der Waals surface area contributed by atoms with Crippen LogP contribution < -0.4 is 10.6 Å². The van der Waals surface area contributed by atoms with Gasteiger partial charge in [-0.2, -0.15) is 0 Å². The number of thioether (sulfide) groups is 1. The highest BCUT2D eigenvalue weighted by atomic mass is 35.5. The van der Waals surface area contributed by atoms with Crippen molar-refractivity contribution >= 4 is 40.9 Å². The number of aromatic nitrogens is 2. The molecule has 8 heteroatoms. The van der Waals surface area contributed by atoms with Gasteiger partial charge < -0.3 is 10.6 Å². The molecule has 1 heterocycles. The summed E-state index contributed by atoms with van der Waals surface area (Å²) in [4.78, 5) is 29.1. The molecule has 0 spiro atoms. The average Bonchev–Trinajstić information content (AvgIpc) is 3.31. The number of benzene rings is 3. The smallest absolute Gasteiger partial charge is 0.251 e. The van der Waals surface area contributed by atoms with Crippen molar-refractivity contribution in [2.24, 2.45) is 0 Å². The van der Waals surface area contributed by atoms with Crippen LogP contribution in [0.1, 0.15) is 15.9 Å². The molecule has 2 N–H and O–H groups in total. The third-order valence-corrected chi connectivity index (χ3v) is 5.95. The van der Waals surface area contributed by atoms with Crippen molar-refractivity contribution in [1.29, 1.82) is 0 Å². The van der Waals surface area contributed by atoms with E-state index in [9.17, 15) is 9.59 Å². The molecule has 0 saturated heterocycles. The van der Waals surface area contributed by atoms with Gasteiger partial charge in [0.05, 0.1) is 5.75 Å². The predicted octanol–water partition coefficient (Wildman–Crippen LogP) is 5.19. The SMILES string of the molecule is O=C(CSc1nccn1-c1ccc(C(=O)NCc2ccccc2)cc1)Nc1cccc(Cl)c1. The Morgan fingerprint density at radius 3 is 2.52 bits per heavy atom. The number of carbonyl (C=O) groups is 2. The number of rotatable bonds is 8. The summed E-state index contributed by atoms with van der Waals surface area (Å²) in [5, 5.41) is 6.99. The van der Waals surface area contributed by atoms with Gasteiger partial charge in [0.15, 0.2) is 5.16 Å². The largest absolute Gasteiger partial charge is 0.348 e. The van der Waals surface area contributed by atoms with E-state index >= 15 is 0 Å². The van der Waals surface area contributed by atoms with Crippen molar-refractivity contribution in [1.82, 2.24) is 14.9 Å². The van der Waals surface area contributed by atoms with Gasteiger partial charge in [-0.25, -0.2) is 4.98 Å². The summed E-state index contributed by atoms with van der Waals surface area (Å²) >= 11 is 7.28. The lowest BCUT2D eigenvalue weighted by molar-refractivity contribution is -0.113. The van der Waals surface area contributed by atoms with E-state index in [0.29, 0.717) is 28.0 Å². The van der Waals surface area contributed by atoms with Gasteiger partial charge >= 0.3 is 0 Å². The molecular formula is C25H21ClN4O2S. The fourth-order valence-corrected chi connectivity index (χ4v) is 4.10. The minimum Gasteiger partial charge on any atom is -0.348 e. The quantitative estimate of drug-likeness (QED) is 0.343. The van der Waals surface area contributed by atoms with Crippen LogP contribution in [0.4, 0.5) is 5.69 Å². The number of nitrogens with zero attached hydrogens (tertiary/aromatic N) is 2. The standard InChI is InChI=1S/C25H21ClN4O2S/c26-20-7-4-8-21(15-20)29-23(31)17-33-25-27-13-14-30(25)22-11-9-19(10-12-22)24(32)28-16-18-5-2-1-3-6-18/h1-15H,16-17H2,(H,28,32)(H,29,31). The zero-order valence-corrected chi connectivity index (χ0v) is 19.1. The minimum atomic E-state index is -0.151. The lowest BCUT2D eigenvalue weighted by Gasteiger charge is -2.10. The molecule has 0 aliphatic heterocycles. The first-order valence-electron chi connectivity index (χ1n) is 10.2. The molecule has 3 aromatic carbocycles. The Morgan fingerprint density at radius 1 is 0.970 bits per heavy atom. The van der Waals surface area contributed by atoms with Crippen molar-refractivity contribution in [2.45, 2.75) is 11.7 Å². The van der Waals surface area contributed by atoms with Crippen LogP contribution in [-0.4, -0.2) is 27.1 Å². The summed E-state index contributed by atoms with van der Waals surface area (Å²) in [6.45, 7) is 0.473. The van der Waals surface area contributed by atoms with Gasteiger partial charge in [-0.3, -0.25) is 14.2 Å². The maximum absolute atomic E-state index is 12.4. The van der Waals surface area contributed by atoms with Crippen molar-refractivity contribution < 1.29 is 9.59 Å². The molecule has 1 aromatic heterocycles. The molecule has 0 aliphatic carbocycles. The molecule has 2 amide bonds. The zero-order valence-electron chi connectivity index (χ0n) is 17.6. The second-order valence-electron chi connectivity index (χ2n) is 7.14. The van der Waals surface area contributed by atoms with Crippen LogP contribution in [0, 0.1) is 0 Å². The lowest BCUT2D eigenvalue weighted by atomic mass is 10.1. The van der Waals surface area contributed by atoms with Crippen molar-refractivity contribution in [3.8, 4) is 5.69 Å². The number of halogens is 1. The van der Waals surface area contributed by atoms with E-state index in [4.69, 9.17) is 11.6 Å². The molecule has 0 saturated carbocycles. The summed E-state index contributed by atoms with van der Waals surface area (Å²) in [7, 11) is 0. The Balaban J connectivity index is 1.35. The summed E-state index contributed by atoms with van der Waals surface area (Å²) in [5.74, 6) is -0.0886. The lowest BCUT2D eigenvalue weighted by Crippen LogP contribution is -2.22. The number of carbonyl (C=O) groups excluding carboxylic acids is 2. The van der Waals surface area contributed by atoms with Crippen LogP contribution in [-0.2, 0) is 11.3 Å². The number of amides is 2. The second kappa shape index (κ2) is 10.8. The maximum atomic E-state index is 12.4. The van der Waals surface area contributed by atoms with Gasteiger partial charge in [0.2, 0.25) is 5.91 Å². The molecule has 4 rings (SSSR count). The molecule has 6 nitrogen and oxygen atoms in total. The normalized spacial score (nSPS) is 10.6. The number of nitrogens with one attached hydrogen (secondary N) is 2. The van der Waals surface area contributed by atoms with Crippen LogP contribution in [0.5, 0.6) is 0 Å². The topological polar surface area (TPSA) is 76.0 Å². The molecule has 0 atom stereocenters. The first-order chi connectivity index (χ1) is 16.1. The molecular weight excluding hydrogens is 456 g/mol. The fourth-order valence-electron chi connectivity index (χ4n) is 3.14. The summed E-state index contributed by atoms with van der Waals surface area (Å²) in [6.07, 6.45) is 3.50. The van der Waals surface area contributed by atoms with Crippen LogP contribution in [0.15, 0.2) is 96.4 Å². The second-order valence-corrected chi connectivity index (χ2v) is 8.52. The van der Waals surface area contributed by atoms with Crippen LogP contribution in [0.2, 0.25) is 5.02 Å². The Bertz CT molecular complexity index is 1240. The van der Waals surface area contributed by atoms with Gasteiger partial charge in [0.1, 0.15) is 0 Å². The third kappa shape index (κ3) is 6.25. The first-order valence-corrected chi connectivity index (χ1v) is 11.6. The number of imidazole rings is 1. The molecule has 33 heavy (non-hydrogen) atoms. The van der Waals surface area contributed by atoms with Crippen molar-refractivity contribution in [3.63, 3.8) is 0 Å². The Labute approximate surface area is 201 Å². The number of hydrogen-bond donors (Lipinski definition) is 2. The van der Waals surface area contributed by atoms with Crippen LogP contribution in [0.25, 0.3) is 5.69 Å². The van der Waals surface area contributed by atoms with E-state index in [1.54, 1.807) is 42.6 Å². The third-order valence-electron chi connectivity index (χ3n) is 4.75. The van der Waals surface area contributed by atoms with Gasteiger partial charge in [0, 0.05) is 40.9 Å². The Morgan fingerprint density at radius 2 is 1.76 bits per heavy atom. The molecule has 166 valence electrons. The number of hydrogen-bond acceptors (Lipinski definition) is 4. The summed E-state index contributed by atoms with van der Waals surface area (Å²) in [5.41, 5.74) is 3.12. The molecule has 0 unspecified atom stereocenters. The van der Waals surface area contributed by atoms with Gasteiger partial charge in [-0.15, -0.1) is 0 Å². The van der Waals surface area contributed by atoms with E-state index in [1.165, 1.54) is 11.8 Å². The molecule has 0 bridgehead atoms. The first kappa shape index (κ1) is 22.6. The maximum Gasteiger partial charge on any atom is 0.251 e. The van der Waals surface area contributed by atoms with E-state index in [-0.39, 0.29) is 17.6 Å². The van der Waals surface area contributed by atoms with E-state index in [2.05, 4.69) is 15.6 Å². The van der Waals surface area contributed by atoms with Crippen molar-refractivity contribution in [3.05, 3.63) is 107 Å². The summed E-state index contributed by atoms with van der Waals surface area (Å²) in [6, 6.07) is 24.0. The molecule has 0 fully saturated rings. The molecule has 0 radical (unpaired) electrons. The highest BCUT2D eigenvalue weighted by Gasteiger charge is 2.11. The monoisotopic (exact) mass is 476 g/mol. The Kier molecular flexibility index (Phi) is 7.44. The van der Waals surface area contributed by atoms with Crippen molar-refractivity contribution in [2.75, 3.05) is 11.1 Å². The molecule has 4 aromatic rings. The Hall–Kier alpha value is -3.55.